The van der Waals surface area contributed by atoms with Gasteiger partial charge in [-0.05, 0) is 55.0 Å². The van der Waals surface area contributed by atoms with Crippen molar-refractivity contribution in [2.75, 3.05) is 44.8 Å². The molecule has 0 spiro atoms. The summed E-state index contributed by atoms with van der Waals surface area (Å²) >= 11 is 0. The van der Waals surface area contributed by atoms with E-state index in [2.05, 4.69) is 24.0 Å². The van der Waals surface area contributed by atoms with Gasteiger partial charge in [0.2, 0.25) is 0 Å². The number of methoxy groups -OCH3 is 1. The molecule has 2 aromatic carbocycles. The lowest BCUT2D eigenvalue weighted by Gasteiger charge is -2.36. The Bertz CT molecular complexity index is 705. The normalized spacial score (nSPS) is 14.2. The molecule has 5 heteroatoms. The summed E-state index contributed by atoms with van der Waals surface area (Å²) in [4.78, 5) is 16.9. The molecular formula is C21H26N2O3. The largest absolute Gasteiger partial charge is 0.497 e. The van der Waals surface area contributed by atoms with Gasteiger partial charge < -0.3 is 19.3 Å². The Morgan fingerprint density at radius 3 is 2.12 bits per heavy atom. The summed E-state index contributed by atoms with van der Waals surface area (Å²) in [5.41, 5.74) is 1.88. The first-order chi connectivity index (χ1) is 12.7. The van der Waals surface area contributed by atoms with Crippen LogP contribution in [0.2, 0.25) is 0 Å². The van der Waals surface area contributed by atoms with Crippen molar-refractivity contribution in [2.45, 2.75) is 13.3 Å². The Balaban J connectivity index is 1.55. The predicted molar refractivity (Wildman–Crippen MR) is 103 cm³/mol. The lowest BCUT2D eigenvalue weighted by Crippen LogP contribution is -2.48. The van der Waals surface area contributed by atoms with Crippen LogP contribution in [0.5, 0.6) is 11.5 Å². The monoisotopic (exact) mass is 354 g/mol. The average molecular weight is 354 g/mol. The smallest absolute Gasteiger partial charge is 0.253 e. The van der Waals surface area contributed by atoms with E-state index in [1.807, 2.05) is 41.3 Å². The van der Waals surface area contributed by atoms with Gasteiger partial charge in [-0.25, -0.2) is 0 Å². The lowest BCUT2D eigenvalue weighted by molar-refractivity contribution is 0.0746. The number of hydrogen-bond acceptors (Lipinski definition) is 4. The Kier molecular flexibility index (Phi) is 6.00. The van der Waals surface area contributed by atoms with E-state index >= 15 is 0 Å². The summed E-state index contributed by atoms with van der Waals surface area (Å²) < 4.78 is 10.8. The molecule has 5 nitrogen and oxygen atoms in total. The zero-order valence-electron chi connectivity index (χ0n) is 15.5. The number of ether oxygens (including phenoxy) is 2. The minimum absolute atomic E-state index is 0.0847. The van der Waals surface area contributed by atoms with Gasteiger partial charge in [0.25, 0.3) is 5.91 Å². The van der Waals surface area contributed by atoms with Crippen LogP contribution in [-0.4, -0.2) is 50.7 Å². The predicted octanol–water partition coefficient (Wildman–Crippen LogP) is 3.45. The van der Waals surface area contributed by atoms with E-state index in [1.165, 1.54) is 0 Å². The maximum atomic E-state index is 12.7. The maximum Gasteiger partial charge on any atom is 0.253 e. The molecule has 0 atom stereocenters. The lowest BCUT2D eigenvalue weighted by atomic mass is 10.1. The number of hydrogen-bond donors (Lipinski definition) is 0. The highest BCUT2D eigenvalue weighted by atomic mass is 16.5. The van der Waals surface area contributed by atoms with Gasteiger partial charge in [0.05, 0.1) is 13.7 Å². The van der Waals surface area contributed by atoms with Gasteiger partial charge in [-0.1, -0.05) is 6.92 Å². The summed E-state index contributed by atoms with van der Waals surface area (Å²) in [6.07, 6.45) is 0.971. The van der Waals surface area contributed by atoms with Crippen molar-refractivity contribution in [3.05, 3.63) is 54.1 Å². The summed E-state index contributed by atoms with van der Waals surface area (Å²) in [5, 5.41) is 0. The van der Waals surface area contributed by atoms with Crippen LogP contribution in [0, 0.1) is 0 Å². The van der Waals surface area contributed by atoms with E-state index in [4.69, 9.17) is 9.47 Å². The van der Waals surface area contributed by atoms with Gasteiger partial charge in [0.15, 0.2) is 0 Å². The third-order valence-electron chi connectivity index (χ3n) is 4.58. The molecule has 0 bridgehead atoms. The van der Waals surface area contributed by atoms with Gasteiger partial charge in [0.1, 0.15) is 11.5 Å². The van der Waals surface area contributed by atoms with Crippen molar-refractivity contribution >= 4 is 11.6 Å². The molecule has 0 aromatic heterocycles. The van der Waals surface area contributed by atoms with E-state index in [0.717, 1.165) is 49.8 Å². The first-order valence-electron chi connectivity index (χ1n) is 9.12. The SMILES string of the molecule is CCCOc1ccc(C(=O)N2CCN(c3ccc(OC)cc3)CC2)cc1. The number of nitrogens with zero attached hydrogens (tertiary/aromatic N) is 2. The average Bonchev–Trinajstić information content (AvgIpc) is 2.72. The molecule has 1 fully saturated rings. The van der Waals surface area contributed by atoms with E-state index in [-0.39, 0.29) is 5.91 Å². The molecule has 1 aliphatic heterocycles. The standard InChI is InChI=1S/C21H26N2O3/c1-3-16-26-20-8-4-17(5-9-20)21(24)23-14-12-22(13-15-23)18-6-10-19(25-2)11-7-18/h4-11H,3,12-16H2,1-2H3. The van der Waals surface area contributed by atoms with Gasteiger partial charge in [-0.3, -0.25) is 4.79 Å². The summed E-state index contributed by atoms with van der Waals surface area (Å²) in [6, 6.07) is 15.5. The number of carbonyl (C=O) groups excluding carboxylic acids is 1. The Labute approximate surface area is 155 Å². The molecule has 0 unspecified atom stereocenters. The van der Waals surface area contributed by atoms with Gasteiger partial charge in [-0.15, -0.1) is 0 Å². The molecule has 2 aromatic rings. The topological polar surface area (TPSA) is 42.0 Å². The molecule has 0 radical (unpaired) electrons. The molecule has 1 aliphatic rings. The van der Waals surface area contributed by atoms with Crippen LogP contribution < -0.4 is 14.4 Å². The quantitative estimate of drug-likeness (QED) is 0.797. The van der Waals surface area contributed by atoms with Crippen LogP contribution in [0.1, 0.15) is 23.7 Å². The fourth-order valence-corrected chi connectivity index (χ4v) is 3.06. The van der Waals surface area contributed by atoms with Gasteiger partial charge in [0, 0.05) is 37.4 Å². The molecule has 1 saturated heterocycles. The second kappa shape index (κ2) is 8.61. The fourth-order valence-electron chi connectivity index (χ4n) is 3.06. The second-order valence-electron chi connectivity index (χ2n) is 6.35. The number of piperazine rings is 1. The summed E-state index contributed by atoms with van der Waals surface area (Å²) in [7, 11) is 1.67. The van der Waals surface area contributed by atoms with Gasteiger partial charge in [-0.2, -0.15) is 0 Å². The summed E-state index contributed by atoms with van der Waals surface area (Å²) in [5.74, 6) is 1.75. The number of anilines is 1. The molecule has 1 heterocycles. The van der Waals surface area contributed by atoms with Crippen molar-refractivity contribution in [1.82, 2.24) is 4.90 Å². The van der Waals surface area contributed by atoms with E-state index in [9.17, 15) is 4.79 Å². The van der Waals surface area contributed by atoms with Crippen molar-refractivity contribution < 1.29 is 14.3 Å². The second-order valence-corrected chi connectivity index (χ2v) is 6.35. The van der Waals surface area contributed by atoms with Crippen molar-refractivity contribution in [1.29, 1.82) is 0 Å². The summed E-state index contributed by atoms with van der Waals surface area (Å²) in [6.45, 7) is 5.87. The molecule has 138 valence electrons. The molecule has 1 amide bonds. The highest BCUT2D eigenvalue weighted by Crippen LogP contribution is 2.21. The van der Waals surface area contributed by atoms with Crippen LogP contribution >= 0.6 is 0 Å². The van der Waals surface area contributed by atoms with Crippen LogP contribution in [0.15, 0.2) is 48.5 Å². The molecule has 0 aliphatic carbocycles. The third-order valence-corrected chi connectivity index (χ3v) is 4.58. The van der Waals surface area contributed by atoms with E-state index < -0.39 is 0 Å². The minimum atomic E-state index is 0.0847. The highest BCUT2D eigenvalue weighted by molar-refractivity contribution is 5.94. The van der Waals surface area contributed by atoms with Gasteiger partial charge >= 0.3 is 0 Å². The van der Waals surface area contributed by atoms with Crippen LogP contribution in [-0.2, 0) is 0 Å². The zero-order chi connectivity index (χ0) is 18.4. The Morgan fingerprint density at radius 1 is 0.923 bits per heavy atom. The maximum absolute atomic E-state index is 12.7. The number of benzene rings is 2. The van der Waals surface area contributed by atoms with Crippen molar-refractivity contribution in [3.63, 3.8) is 0 Å². The molecular weight excluding hydrogens is 328 g/mol. The first kappa shape index (κ1) is 18.1. The number of amides is 1. The van der Waals surface area contributed by atoms with E-state index in [0.29, 0.717) is 12.2 Å². The molecule has 0 saturated carbocycles. The molecule has 0 N–H and O–H groups in total. The molecule has 26 heavy (non-hydrogen) atoms. The third kappa shape index (κ3) is 4.28. The Hall–Kier alpha value is -2.69. The van der Waals surface area contributed by atoms with Crippen LogP contribution in [0.4, 0.5) is 5.69 Å². The first-order valence-corrected chi connectivity index (χ1v) is 9.12. The highest BCUT2D eigenvalue weighted by Gasteiger charge is 2.22. The zero-order valence-corrected chi connectivity index (χ0v) is 15.5. The Morgan fingerprint density at radius 2 is 1.54 bits per heavy atom. The van der Waals surface area contributed by atoms with E-state index in [1.54, 1.807) is 7.11 Å². The molecule has 3 rings (SSSR count). The minimum Gasteiger partial charge on any atom is -0.497 e. The number of rotatable bonds is 6. The number of carbonyl (C=O) groups is 1. The van der Waals surface area contributed by atoms with Crippen LogP contribution in [0.3, 0.4) is 0 Å². The van der Waals surface area contributed by atoms with Crippen LogP contribution in [0.25, 0.3) is 0 Å². The fraction of sp³-hybridized carbons (Fsp3) is 0.381. The van der Waals surface area contributed by atoms with Crippen molar-refractivity contribution in [2.24, 2.45) is 0 Å². The van der Waals surface area contributed by atoms with Crippen molar-refractivity contribution in [3.8, 4) is 11.5 Å².